The molecule has 1 aromatic heterocycles. The topological polar surface area (TPSA) is 113 Å². The highest BCUT2D eigenvalue weighted by Gasteiger charge is 2.16. The molecule has 0 aliphatic rings. The van der Waals surface area contributed by atoms with E-state index >= 15 is 0 Å². The highest BCUT2D eigenvalue weighted by molar-refractivity contribution is 5.87. The van der Waals surface area contributed by atoms with E-state index in [1.807, 2.05) is 103 Å². The van der Waals surface area contributed by atoms with Crippen molar-refractivity contribution in [3.05, 3.63) is 132 Å². The SMILES string of the molecule is O=C(O)/C=C/c1ccc(-c2nc(-c3ccc(OCc4ccccc4)cc3)[nH]c2-c2ccc(/C=C/C(=O)O)cc2)cc1. The van der Waals surface area contributed by atoms with Gasteiger partial charge in [-0.2, -0.15) is 0 Å². The molecule has 0 amide bonds. The molecule has 0 atom stereocenters. The minimum atomic E-state index is -1.01. The zero-order chi connectivity index (χ0) is 28.6. The summed E-state index contributed by atoms with van der Waals surface area (Å²) in [6.07, 6.45) is 5.27. The average molecular weight is 543 g/mol. The summed E-state index contributed by atoms with van der Waals surface area (Å²) in [5, 5.41) is 17.8. The van der Waals surface area contributed by atoms with Gasteiger partial charge in [-0.1, -0.05) is 78.9 Å². The number of carboxylic acids is 2. The molecule has 3 N–H and O–H groups in total. The third-order valence-electron chi connectivity index (χ3n) is 6.30. The molecule has 0 saturated carbocycles. The molecule has 5 aromatic rings. The first-order valence-corrected chi connectivity index (χ1v) is 12.8. The Bertz CT molecular complexity index is 1620. The Morgan fingerprint density at radius 1 is 0.683 bits per heavy atom. The minimum absolute atomic E-state index is 0.477. The monoisotopic (exact) mass is 542 g/mol. The number of benzene rings is 4. The number of aromatic amines is 1. The van der Waals surface area contributed by atoms with Crippen molar-refractivity contribution in [3.8, 4) is 39.7 Å². The molecule has 0 saturated heterocycles. The first-order valence-electron chi connectivity index (χ1n) is 12.8. The maximum absolute atomic E-state index is 10.9. The van der Waals surface area contributed by atoms with Crippen molar-refractivity contribution in [2.75, 3.05) is 0 Å². The van der Waals surface area contributed by atoms with E-state index in [2.05, 4.69) is 4.98 Å². The van der Waals surface area contributed by atoms with E-state index in [4.69, 9.17) is 19.9 Å². The van der Waals surface area contributed by atoms with Gasteiger partial charge < -0.3 is 19.9 Å². The molecule has 1 heterocycles. The molecule has 0 aliphatic heterocycles. The van der Waals surface area contributed by atoms with Crippen LogP contribution in [0.5, 0.6) is 5.75 Å². The van der Waals surface area contributed by atoms with Gasteiger partial charge in [0.05, 0.1) is 11.4 Å². The number of ether oxygens (including phenoxy) is 1. The fraction of sp³-hybridized carbons (Fsp3) is 0.0294. The van der Waals surface area contributed by atoms with Crippen molar-refractivity contribution in [2.45, 2.75) is 6.61 Å². The standard InChI is InChI=1S/C34H26N2O5/c37-30(38)20-10-23-6-12-26(13-7-23)32-33(27-14-8-24(9-15-27)11-21-31(39)40)36-34(35-32)28-16-18-29(19-17-28)41-22-25-4-2-1-3-5-25/h1-21H,22H2,(H,35,36)(H,37,38)(H,39,40)/b20-10+,21-11+. The quantitative estimate of drug-likeness (QED) is 0.161. The van der Waals surface area contributed by atoms with Gasteiger partial charge in [-0.3, -0.25) is 0 Å². The summed E-state index contributed by atoms with van der Waals surface area (Å²) in [4.78, 5) is 30.2. The van der Waals surface area contributed by atoms with Crippen LogP contribution in [0.2, 0.25) is 0 Å². The Hall–Kier alpha value is -5.69. The molecule has 0 bridgehead atoms. The van der Waals surface area contributed by atoms with E-state index in [-0.39, 0.29) is 0 Å². The molecule has 0 unspecified atom stereocenters. The van der Waals surface area contributed by atoms with Gasteiger partial charge in [0.15, 0.2) is 0 Å². The molecule has 0 aliphatic carbocycles. The van der Waals surface area contributed by atoms with Crippen molar-refractivity contribution in [2.24, 2.45) is 0 Å². The Morgan fingerprint density at radius 3 is 1.78 bits per heavy atom. The number of nitrogens with zero attached hydrogens (tertiary/aromatic N) is 1. The van der Waals surface area contributed by atoms with Gasteiger partial charge in [-0.05, 0) is 53.1 Å². The second kappa shape index (κ2) is 12.4. The Labute approximate surface area is 236 Å². The molecule has 7 nitrogen and oxygen atoms in total. The lowest BCUT2D eigenvalue weighted by atomic mass is 10.0. The maximum atomic E-state index is 10.9. The number of rotatable bonds is 10. The van der Waals surface area contributed by atoms with Crippen LogP contribution >= 0.6 is 0 Å². The van der Waals surface area contributed by atoms with E-state index in [0.29, 0.717) is 12.4 Å². The van der Waals surface area contributed by atoms with Crippen molar-refractivity contribution >= 4 is 24.1 Å². The van der Waals surface area contributed by atoms with Crippen molar-refractivity contribution in [3.63, 3.8) is 0 Å². The average Bonchev–Trinajstić information content (AvgIpc) is 3.45. The molecular weight excluding hydrogens is 516 g/mol. The summed E-state index contributed by atoms with van der Waals surface area (Å²) >= 11 is 0. The summed E-state index contributed by atoms with van der Waals surface area (Å²) in [6, 6.07) is 32.7. The van der Waals surface area contributed by atoms with Crippen LogP contribution in [0, 0.1) is 0 Å². The summed E-state index contributed by atoms with van der Waals surface area (Å²) in [7, 11) is 0. The highest BCUT2D eigenvalue weighted by atomic mass is 16.5. The van der Waals surface area contributed by atoms with Crippen LogP contribution in [0.15, 0.2) is 115 Å². The lowest BCUT2D eigenvalue weighted by Crippen LogP contribution is -1.94. The van der Waals surface area contributed by atoms with Gasteiger partial charge in [0, 0.05) is 28.8 Å². The molecule has 202 valence electrons. The van der Waals surface area contributed by atoms with Gasteiger partial charge in [0.1, 0.15) is 18.2 Å². The third-order valence-corrected chi connectivity index (χ3v) is 6.30. The molecule has 7 heteroatoms. The van der Waals surface area contributed by atoms with E-state index in [1.54, 1.807) is 0 Å². The number of nitrogens with one attached hydrogen (secondary N) is 1. The van der Waals surface area contributed by atoms with Crippen LogP contribution < -0.4 is 4.74 Å². The first kappa shape index (κ1) is 26.9. The van der Waals surface area contributed by atoms with Crippen molar-refractivity contribution in [1.29, 1.82) is 0 Å². The van der Waals surface area contributed by atoms with E-state index < -0.39 is 11.9 Å². The van der Waals surface area contributed by atoms with E-state index in [0.717, 1.165) is 62.7 Å². The van der Waals surface area contributed by atoms with Gasteiger partial charge in [-0.15, -0.1) is 0 Å². The van der Waals surface area contributed by atoms with Crippen molar-refractivity contribution < 1.29 is 24.5 Å². The lowest BCUT2D eigenvalue weighted by Gasteiger charge is -2.06. The van der Waals surface area contributed by atoms with Crippen molar-refractivity contribution in [1.82, 2.24) is 9.97 Å². The van der Waals surface area contributed by atoms with Crippen LogP contribution in [0.1, 0.15) is 16.7 Å². The highest BCUT2D eigenvalue weighted by Crippen LogP contribution is 2.34. The smallest absolute Gasteiger partial charge is 0.328 e. The van der Waals surface area contributed by atoms with Crippen LogP contribution in [0.25, 0.3) is 46.1 Å². The number of hydrogen-bond donors (Lipinski definition) is 3. The van der Waals surface area contributed by atoms with E-state index in [1.165, 1.54) is 12.2 Å². The first-order chi connectivity index (χ1) is 19.9. The van der Waals surface area contributed by atoms with Crippen LogP contribution in [-0.4, -0.2) is 32.1 Å². The van der Waals surface area contributed by atoms with Gasteiger partial charge in [-0.25, -0.2) is 14.6 Å². The van der Waals surface area contributed by atoms with Gasteiger partial charge in [0.2, 0.25) is 0 Å². The number of imidazole rings is 1. The number of H-pyrrole nitrogens is 1. The second-order valence-electron chi connectivity index (χ2n) is 9.19. The zero-order valence-electron chi connectivity index (χ0n) is 21.9. The third kappa shape index (κ3) is 7.04. The number of aromatic nitrogens is 2. The summed E-state index contributed by atoms with van der Waals surface area (Å²) < 4.78 is 5.93. The Kier molecular flexibility index (Phi) is 8.16. The zero-order valence-corrected chi connectivity index (χ0v) is 21.9. The molecule has 4 aromatic carbocycles. The number of hydrogen-bond acceptors (Lipinski definition) is 4. The fourth-order valence-corrected chi connectivity index (χ4v) is 4.23. The molecular formula is C34H26N2O5. The lowest BCUT2D eigenvalue weighted by molar-refractivity contribution is -0.132. The molecule has 0 fully saturated rings. The normalized spacial score (nSPS) is 11.2. The van der Waals surface area contributed by atoms with Crippen LogP contribution in [0.4, 0.5) is 0 Å². The van der Waals surface area contributed by atoms with E-state index in [9.17, 15) is 9.59 Å². The summed E-state index contributed by atoms with van der Waals surface area (Å²) in [5.74, 6) is -0.590. The van der Waals surface area contributed by atoms with Gasteiger partial charge in [0.25, 0.3) is 0 Å². The Balaban J connectivity index is 1.46. The molecule has 0 spiro atoms. The van der Waals surface area contributed by atoms with Crippen LogP contribution in [-0.2, 0) is 16.2 Å². The van der Waals surface area contributed by atoms with Crippen LogP contribution in [0.3, 0.4) is 0 Å². The molecule has 5 rings (SSSR count). The Morgan fingerprint density at radius 2 is 1.22 bits per heavy atom. The number of aliphatic carboxylic acids is 2. The predicted molar refractivity (Wildman–Crippen MR) is 159 cm³/mol. The summed E-state index contributed by atoms with van der Waals surface area (Å²) in [6.45, 7) is 0.477. The fourth-order valence-electron chi connectivity index (χ4n) is 4.23. The molecule has 41 heavy (non-hydrogen) atoms. The minimum Gasteiger partial charge on any atom is -0.489 e. The number of carboxylic acid groups (broad SMARTS) is 2. The predicted octanol–water partition coefficient (Wildman–Crippen LogP) is 7.19. The molecule has 0 radical (unpaired) electrons. The summed E-state index contributed by atoms with van der Waals surface area (Å²) in [5.41, 5.74) is 6.75. The maximum Gasteiger partial charge on any atom is 0.328 e. The largest absolute Gasteiger partial charge is 0.489 e. The number of carbonyl (C=O) groups is 2. The van der Waals surface area contributed by atoms with Gasteiger partial charge >= 0.3 is 11.9 Å². The second-order valence-corrected chi connectivity index (χ2v) is 9.19.